The topological polar surface area (TPSA) is 74.3 Å². The lowest BCUT2D eigenvalue weighted by molar-refractivity contribution is -0.122. The number of aliphatic hydroxyl groups is 1. The van der Waals surface area contributed by atoms with Gasteiger partial charge in [-0.2, -0.15) is 8.78 Å². The number of likely N-dealkylation sites (tertiary alicyclic amines) is 1. The highest BCUT2D eigenvalue weighted by Gasteiger charge is 2.48. The molecule has 2 aliphatic heterocycles. The molecule has 2 aromatic carbocycles. The number of benzene rings is 2. The van der Waals surface area contributed by atoms with Crippen LogP contribution >= 0.6 is 11.6 Å². The lowest BCUT2D eigenvalue weighted by atomic mass is 9.73. The Morgan fingerprint density at radius 3 is 2.56 bits per heavy atom. The number of amides is 1. The normalized spacial score (nSPS) is 17.7. The van der Waals surface area contributed by atoms with Crippen LogP contribution in [0.4, 0.5) is 20.2 Å². The van der Waals surface area contributed by atoms with E-state index in [0.717, 1.165) is 23.2 Å². The summed E-state index contributed by atoms with van der Waals surface area (Å²) in [5.74, 6) is 0.464. The number of fused-ring (bicyclic) bond motifs is 2. The van der Waals surface area contributed by atoms with Crippen molar-refractivity contribution in [2.45, 2.75) is 70.4 Å². The summed E-state index contributed by atoms with van der Waals surface area (Å²) in [5, 5.41) is 13.6. The van der Waals surface area contributed by atoms with Crippen molar-refractivity contribution in [3.63, 3.8) is 0 Å². The molecular formula is C31H40ClF2N3O4. The van der Waals surface area contributed by atoms with Crippen LogP contribution in [-0.4, -0.2) is 61.4 Å². The van der Waals surface area contributed by atoms with Gasteiger partial charge in [-0.1, -0.05) is 39.0 Å². The lowest BCUT2D eigenvalue weighted by Gasteiger charge is -2.38. The molecule has 2 aromatic rings. The maximum absolute atomic E-state index is 13.5. The van der Waals surface area contributed by atoms with Crippen LogP contribution in [0.5, 0.6) is 11.5 Å². The Hall–Kier alpha value is -2.88. The van der Waals surface area contributed by atoms with E-state index < -0.39 is 12.0 Å². The van der Waals surface area contributed by atoms with Gasteiger partial charge in [0.15, 0.2) is 5.75 Å². The van der Waals surface area contributed by atoms with Crippen LogP contribution in [0.1, 0.15) is 63.5 Å². The molecule has 2 aliphatic rings. The molecule has 2 atom stereocenters. The zero-order chi connectivity index (χ0) is 29.7. The van der Waals surface area contributed by atoms with E-state index in [4.69, 9.17) is 21.1 Å². The SMILES string of the molecule is C=CN(c1c(OC(F)F)cc(OCCN2CCC3(CC2)C(=O)Nc2ccc(Cl)cc23)cc1C(C)CC)C(CC)CO. The summed E-state index contributed by atoms with van der Waals surface area (Å²) < 4.78 is 38.2. The summed E-state index contributed by atoms with van der Waals surface area (Å²) in [5.41, 5.74) is 2.49. The largest absolute Gasteiger partial charge is 0.492 e. The van der Waals surface area contributed by atoms with Gasteiger partial charge in [0.1, 0.15) is 12.4 Å². The summed E-state index contributed by atoms with van der Waals surface area (Å²) >= 11 is 6.24. The summed E-state index contributed by atoms with van der Waals surface area (Å²) in [6.45, 7) is 9.04. The fourth-order valence-corrected chi connectivity index (χ4v) is 6.09. The van der Waals surface area contributed by atoms with Gasteiger partial charge >= 0.3 is 6.61 Å². The average molecular weight is 592 g/mol. The Kier molecular flexibility index (Phi) is 10.2. The van der Waals surface area contributed by atoms with Gasteiger partial charge in [-0.3, -0.25) is 9.69 Å². The van der Waals surface area contributed by atoms with Crippen molar-refractivity contribution in [2.75, 3.05) is 43.1 Å². The minimum Gasteiger partial charge on any atom is -0.492 e. The highest BCUT2D eigenvalue weighted by molar-refractivity contribution is 6.31. The van der Waals surface area contributed by atoms with Gasteiger partial charge in [0.05, 0.1) is 23.8 Å². The number of alkyl halides is 2. The number of aliphatic hydroxyl groups excluding tert-OH is 1. The number of anilines is 2. The Balaban J connectivity index is 1.49. The highest BCUT2D eigenvalue weighted by Crippen LogP contribution is 2.46. The quantitative estimate of drug-likeness (QED) is 0.275. The second kappa shape index (κ2) is 13.4. The first-order valence-electron chi connectivity index (χ1n) is 14.3. The Bertz CT molecular complexity index is 1230. The first-order valence-corrected chi connectivity index (χ1v) is 14.7. The minimum atomic E-state index is -3.02. The van der Waals surface area contributed by atoms with Crippen LogP contribution in [0.2, 0.25) is 5.02 Å². The van der Waals surface area contributed by atoms with E-state index in [2.05, 4.69) is 16.8 Å². The number of piperidine rings is 1. The molecule has 0 aliphatic carbocycles. The lowest BCUT2D eigenvalue weighted by Crippen LogP contribution is -2.47. The van der Waals surface area contributed by atoms with Gasteiger partial charge in [0.2, 0.25) is 5.91 Å². The van der Waals surface area contributed by atoms with E-state index in [-0.39, 0.29) is 30.2 Å². The number of halogens is 3. The molecule has 4 rings (SSSR count). The molecule has 1 saturated heterocycles. The number of nitrogens with one attached hydrogen (secondary N) is 1. The predicted octanol–water partition coefficient (Wildman–Crippen LogP) is 6.54. The molecule has 0 saturated carbocycles. The van der Waals surface area contributed by atoms with E-state index in [1.165, 1.54) is 6.07 Å². The van der Waals surface area contributed by atoms with Gasteiger partial charge in [-0.05, 0) is 86.3 Å². The molecule has 0 bridgehead atoms. The molecule has 1 fully saturated rings. The molecule has 7 nitrogen and oxygen atoms in total. The van der Waals surface area contributed by atoms with Gasteiger partial charge in [-0.15, -0.1) is 0 Å². The number of hydrogen-bond donors (Lipinski definition) is 2. The third kappa shape index (κ3) is 6.47. The number of ether oxygens (including phenoxy) is 2. The molecule has 1 spiro atoms. The number of rotatable bonds is 13. The summed E-state index contributed by atoms with van der Waals surface area (Å²) in [4.78, 5) is 16.9. The van der Waals surface area contributed by atoms with Crippen LogP contribution < -0.4 is 19.7 Å². The summed E-state index contributed by atoms with van der Waals surface area (Å²) in [6, 6.07) is 8.55. The van der Waals surface area contributed by atoms with Crippen molar-refractivity contribution in [1.82, 2.24) is 4.90 Å². The summed E-state index contributed by atoms with van der Waals surface area (Å²) in [6.07, 6.45) is 4.25. The molecule has 224 valence electrons. The smallest absolute Gasteiger partial charge is 0.387 e. The molecule has 0 radical (unpaired) electrons. The maximum Gasteiger partial charge on any atom is 0.387 e. The summed E-state index contributed by atoms with van der Waals surface area (Å²) in [7, 11) is 0. The number of nitrogens with zero attached hydrogens (tertiary/aromatic N) is 2. The van der Waals surface area contributed by atoms with E-state index in [0.29, 0.717) is 62.0 Å². The second-order valence-corrected chi connectivity index (χ2v) is 11.2. The third-order valence-electron chi connectivity index (χ3n) is 8.53. The van der Waals surface area contributed by atoms with Gasteiger partial charge in [-0.25, -0.2) is 0 Å². The molecule has 41 heavy (non-hydrogen) atoms. The fraction of sp³-hybridized carbons (Fsp3) is 0.516. The van der Waals surface area contributed by atoms with E-state index in [1.807, 2.05) is 39.0 Å². The molecule has 2 N–H and O–H groups in total. The zero-order valence-corrected chi connectivity index (χ0v) is 24.7. The van der Waals surface area contributed by atoms with Crippen LogP contribution in [0.3, 0.4) is 0 Å². The standard InChI is InChI=1S/C31H40ClF2N3O4/c1-5-20(4)24-17-23(18-27(41-30(33)34)28(24)37(7-3)22(6-2)19-38)40-15-14-36-12-10-31(11-13-36)25-16-21(32)8-9-26(25)35-29(31)39/h7-9,16-18,20,22,30,38H,3,5-6,10-15,19H2,1-2,4H3,(H,35,39). The number of carbonyl (C=O) groups is 1. The van der Waals surface area contributed by atoms with Crippen molar-refractivity contribution in [3.8, 4) is 11.5 Å². The first-order chi connectivity index (χ1) is 19.7. The number of hydrogen-bond acceptors (Lipinski definition) is 6. The molecule has 10 heteroatoms. The van der Waals surface area contributed by atoms with Crippen molar-refractivity contribution in [2.24, 2.45) is 0 Å². The zero-order valence-electron chi connectivity index (χ0n) is 24.0. The highest BCUT2D eigenvalue weighted by atomic mass is 35.5. The van der Waals surface area contributed by atoms with Crippen LogP contribution in [0, 0.1) is 0 Å². The van der Waals surface area contributed by atoms with Crippen molar-refractivity contribution >= 4 is 28.9 Å². The van der Waals surface area contributed by atoms with Crippen molar-refractivity contribution in [3.05, 3.63) is 59.3 Å². The Morgan fingerprint density at radius 2 is 1.95 bits per heavy atom. The van der Waals surface area contributed by atoms with Crippen LogP contribution in [0.15, 0.2) is 43.1 Å². The van der Waals surface area contributed by atoms with Crippen molar-refractivity contribution < 1.29 is 28.2 Å². The minimum absolute atomic E-state index is 0.0101. The molecular weight excluding hydrogens is 552 g/mol. The van der Waals surface area contributed by atoms with Gasteiger partial charge in [0.25, 0.3) is 0 Å². The molecule has 1 amide bonds. The molecule has 2 unspecified atom stereocenters. The van der Waals surface area contributed by atoms with Crippen LogP contribution in [0.25, 0.3) is 0 Å². The van der Waals surface area contributed by atoms with E-state index in [9.17, 15) is 18.7 Å². The van der Waals surface area contributed by atoms with Gasteiger partial charge < -0.3 is 24.8 Å². The van der Waals surface area contributed by atoms with Crippen LogP contribution in [-0.2, 0) is 10.2 Å². The molecule has 2 heterocycles. The van der Waals surface area contributed by atoms with E-state index >= 15 is 0 Å². The second-order valence-electron chi connectivity index (χ2n) is 10.8. The first kappa shape index (κ1) is 31.1. The monoisotopic (exact) mass is 591 g/mol. The Morgan fingerprint density at radius 1 is 1.22 bits per heavy atom. The van der Waals surface area contributed by atoms with E-state index in [1.54, 1.807) is 17.2 Å². The third-order valence-corrected chi connectivity index (χ3v) is 8.77. The average Bonchev–Trinajstić information content (AvgIpc) is 3.22. The fourth-order valence-electron chi connectivity index (χ4n) is 5.91. The Labute approximate surface area is 246 Å². The maximum atomic E-state index is 13.5. The van der Waals surface area contributed by atoms with Gasteiger partial charge in [0, 0.05) is 23.3 Å². The number of carbonyl (C=O) groups excluding carboxylic acids is 1. The predicted molar refractivity (Wildman–Crippen MR) is 159 cm³/mol. The van der Waals surface area contributed by atoms with Crippen molar-refractivity contribution in [1.29, 1.82) is 0 Å². The molecule has 0 aromatic heterocycles.